The normalized spacial score (nSPS) is 16.5. The molecule has 1 N–H and O–H groups in total. The summed E-state index contributed by atoms with van der Waals surface area (Å²) >= 11 is 0. The molecule has 0 aromatic heterocycles. The average Bonchev–Trinajstić information content (AvgIpc) is 3.27. The molecule has 2 aromatic rings. The quantitative estimate of drug-likeness (QED) is 0.309. The Balaban J connectivity index is 0.00000324. The third kappa shape index (κ3) is 6.55. The van der Waals surface area contributed by atoms with Gasteiger partial charge in [-0.05, 0) is 36.6 Å². The third-order valence-electron chi connectivity index (χ3n) is 6.32. The largest absolute Gasteiger partial charge is 0.495 e. The minimum absolute atomic E-state index is 0. The van der Waals surface area contributed by atoms with Gasteiger partial charge in [0.15, 0.2) is 5.96 Å². The van der Waals surface area contributed by atoms with E-state index < -0.39 is 0 Å². The molecule has 34 heavy (non-hydrogen) atoms. The van der Waals surface area contributed by atoms with Crippen molar-refractivity contribution in [2.24, 2.45) is 4.99 Å². The number of rotatable bonds is 7. The predicted molar refractivity (Wildman–Crippen MR) is 148 cm³/mol. The van der Waals surface area contributed by atoms with E-state index in [1.165, 1.54) is 11.1 Å². The number of anilines is 1. The summed E-state index contributed by atoms with van der Waals surface area (Å²) in [6, 6.07) is 16.7. The molecule has 0 bridgehead atoms. The summed E-state index contributed by atoms with van der Waals surface area (Å²) in [6.07, 6.45) is 1.67. The van der Waals surface area contributed by atoms with Gasteiger partial charge in [-0.3, -0.25) is 4.79 Å². The highest BCUT2D eigenvalue weighted by Gasteiger charge is 2.22. The van der Waals surface area contributed by atoms with Crippen LogP contribution in [-0.2, 0) is 17.9 Å². The second-order valence-corrected chi connectivity index (χ2v) is 8.55. The summed E-state index contributed by atoms with van der Waals surface area (Å²) in [5.41, 5.74) is 3.50. The number of carbonyl (C=O) groups excluding carboxylic acids is 1. The molecular formula is C26H36IN5O2. The van der Waals surface area contributed by atoms with E-state index in [1.807, 2.05) is 17.0 Å². The zero-order valence-electron chi connectivity index (χ0n) is 20.2. The first-order valence-electron chi connectivity index (χ1n) is 11.9. The summed E-state index contributed by atoms with van der Waals surface area (Å²) in [5, 5.41) is 3.45. The van der Waals surface area contributed by atoms with Gasteiger partial charge in [0.05, 0.1) is 19.3 Å². The summed E-state index contributed by atoms with van der Waals surface area (Å²) in [7, 11) is 1.73. The number of halogens is 1. The SMILES string of the molecule is CCNC(=NCc1ccc(CN2CCCC2=O)cc1)N1CCN(c2ccccc2OC)CC1.I. The molecule has 8 heteroatoms. The number of likely N-dealkylation sites (tertiary alicyclic amines) is 1. The molecule has 0 unspecified atom stereocenters. The lowest BCUT2D eigenvalue weighted by atomic mass is 10.1. The lowest BCUT2D eigenvalue weighted by molar-refractivity contribution is -0.128. The van der Waals surface area contributed by atoms with Crippen LogP contribution in [0.15, 0.2) is 53.5 Å². The Hall–Kier alpha value is -2.49. The molecule has 1 amide bonds. The van der Waals surface area contributed by atoms with Crippen molar-refractivity contribution < 1.29 is 9.53 Å². The Morgan fingerprint density at radius 3 is 2.35 bits per heavy atom. The van der Waals surface area contributed by atoms with Crippen molar-refractivity contribution in [2.45, 2.75) is 32.9 Å². The Morgan fingerprint density at radius 1 is 1.00 bits per heavy atom. The molecule has 2 saturated heterocycles. The van der Waals surface area contributed by atoms with Crippen LogP contribution in [0.5, 0.6) is 5.75 Å². The zero-order chi connectivity index (χ0) is 23.0. The number of hydrogen-bond acceptors (Lipinski definition) is 4. The molecule has 7 nitrogen and oxygen atoms in total. The maximum absolute atomic E-state index is 11.9. The molecule has 0 atom stereocenters. The first-order valence-corrected chi connectivity index (χ1v) is 11.9. The van der Waals surface area contributed by atoms with Crippen molar-refractivity contribution in [2.75, 3.05) is 51.3 Å². The van der Waals surface area contributed by atoms with Gasteiger partial charge in [0.2, 0.25) is 5.91 Å². The van der Waals surface area contributed by atoms with E-state index in [2.05, 4.69) is 58.4 Å². The molecule has 2 aliphatic rings. The molecule has 2 aliphatic heterocycles. The number of piperazine rings is 1. The van der Waals surface area contributed by atoms with E-state index >= 15 is 0 Å². The van der Waals surface area contributed by atoms with Gasteiger partial charge in [0.1, 0.15) is 5.75 Å². The number of nitrogens with zero attached hydrogens (tertiary/aromatic N) is 4. The van der Waals surface area contributed by atoms with Crippen LogP contribution in [0.1, 0.15) is 30.9 Å². The van der Waals surface area contributed by atoms with Crippen molar-refractivity contribution in [3.05, 3.63) is 59.7 Å². The van der Waals surface area contributed by atoms with Crippen LogP contribution < -0.4 is 15.0 Å². The fourth-order valence-corrected chi connectivity index (χ4v) is 4.48. The van der Waals surface area contributed by atoms with E-state index in [0.717, 1.165) is 63.1 Å². The van der Waals surface area contributed by atoms with Gasteiger partial charge in [-0.25, -0.2) is 4.99 Å². The average molecular weight is 578 g/mol. The first-order chi connectivity index (χ1) is 16.2. The standard InChI is InChI=1S/C26H35N5O2.HI/c1-3-27-26(30-17-15-29(16-18-30)23-7-4-5-8-24(23)33-2)28-19-21-10-12-22(13-11-21)20-31-14-6-9-25(31)32;/h4-5,7-8,10-13H,3,6,9,14-20H2,1-2H3,(H,27,28);1H. The maximum Gasteiger partial charge on any atom is 0.222 e. The lowest BCUT2D eigenvalue weighted by Gasteiger charge is -2.38. The highest BCUT2D eigenvalue weighted by Crippen LogP contribution is 2.28. The molecule has 4 rings (SSSR count). The van der Waals surface area contributed by atoms with E-state index in [0.29, 0.717) is 19.5 Å². The zero-order valence-corrected chi connectivity index (χ0v) is 22.5. The number of aliphatic imine (C=N–C) groups is 1. The van der Waals surface area contributed by atoms with Crippen LogP contribution in [0.2, 0.25) is 0 Å². The highest BCUT2D eigenvalue weighted by atomic mass is 127. The topological polar surface area (TPSA) is 60.4 Å². The van der Waals surface area contributed by atoms with Crippen LogP contribution in [0.3, 0.4) is 0 Å². The number of ether oxygens (including phenoxy) is 1. The van der Waals surface area contributed by atoms with Crippen molar-refractivity contribution in [1.82, 2.24) is 15.1 Å². The first kappa shape index (κ1) is 26.1. The van der Waals surface area contributed by atoms with Crippen LogP contribution in [-0.4, -0.2) is 68.0 Å². The molecule has 0 radical (unpaired) electrons. The molecular weight excluding hydrogens is 541 g/mol. The number of amides is 1. The summed E-state index contributed by atoms with van der Waals surface area (Å²) in [6.45, 7) is 8.84. The van der Waals surface area contributed by atoms with E-state index in [-0.39, 0.29) is 29.9 Å². The van der Waals surface area contributed by atoms with E-state index in [1.54, 1.807) is 7.11 Å². The van der Waals surface area contributed by atoms with Gasteiger partial charge in [0.25, 0.3) is 0 Å². The minimum atomic E-state index is 0. The van der Waals surface area contributed by atoms with Crippen molar-refractivity contribution >= 4 is 41.5 Å². The summed E-state index contributed by atoms with van der Waals surface area (Å²) in [5.74, 6) is 2.15. The molecule has 2 fully saturated rings. The van der Waals surface area contributed by atoms with Gasteiger partial charge in [0, 0.05) is 52.2 Å². The highest BCUT2D eigenvalue weighted by molar-refractivity contribution is 14.0. The Labute approximate surface area is 220 Å². The third-order valence-corrected chi connectivity index (χ3v) is 6.32. The number of nitrogens with one attached hydrogen (secondary N) is 1. The number of guanidine groups is 1. The van der Waals surface area contributed by atoms with E-state index in [9.17, 15) is 4.79 Å². The second-order valence-electron chi connectivity index (χ2n) is 8.55. The van der Waals surface area contributed by atoms with Crippen molar-refractivity contribution in [3.63, 3.8) is 0 Å². The molecule has 0 aliphatic carbocycles. The number of hydrogen-bond donors (Lipinski definition) is 1. The van der Waals surface area contributed by atoms with Gasteiger partial charge in [-0.15, -0.1) is 24.0 Å². The monoisotopic (exact) mass is 577 g/mol. The number of carbonyl (C=O) groups is 1. The molecule has 0 spiro atoms. The van der Waals surface area contributed by atoms with E-state index in [4.69, 9.17) is 9.73 Å². The van der Waals surface area contributed by atoms with Crippen LogP contribution in [0.25, 0.3) is 0 Å². The molecule has 184 valence electrons. The smallest absolute Gasteiger partial charge is 0.222 e. The fourth-order valence-electron chi connectivity index (χ4n) is 4.48. The number of benzene rings is 2. The molecule has 0 saturated carbocycles. The summed E-state index contributed by atoms with van der Waals surface area (Å²) < 4.78 is 5.54. The van der Waals surface area contributed by atoms with Crippen LogP contribution >= 0.6 is 24.0 Å². The van der Waals surface area contributed by atoms with Crippen LogP contribution in [0.4, 0.5) is 5.69 Å². The van der Waals surface area contributed by atoms with Gasteiger partial charge in [-0.1, -0.05) is 36.4 Å². The number of para-hydroxylation sites is 2. The molecule has 2 aromatic carbocycles. The maximum atomic E-state index is 11.9. The summed E-state index contributed by atoms with van der Waals surface area (Å²) in [4.78, 5) is 23.4. The van der Waals surface area contributed by atoms with Gasteiger partial charge >= 0.3 is 0 Å². The van der Waals surface area contributed by atoms with Crippen molar-refractivity contribution in [3.8, 4) is 5.75 Å². The van der Waals surface area contributed by atoms with Gasteiger partial charge in [-0.2, -0.15) is 0 Å². The van der Waals surface area contributed by atoms with Crippen LogP contribution in [0, 0.1) is 0 Å². The predicted octanol–water partition coefficient (Wildman–Crippen LogP) is 3.72. The Morgan fingerprint density at radius 2 is 1.71 bits per heavy atom. The molecule has 2 heterocycles. The minimum Gasteiger partial charge on any atom is -0.495 e. The Kier molecular flexibility index (Phi) is 9.86. The second kappa shape index (κ2) is 12.8. The van der Waals surface area contributed by atoms with Gasteiger partial charge < -0.3 is 24.8 Å². The number of methoxy groups -OCH3 is 1. The fraction of sp³-hybridized carbons (Fsp3) is 0.462. The lowest BCUT2D eigenvalue weighted by Crippen LogP contribution is -2.52. The van der Waals surface area contributed by atoms with Crippen molar-refractivity contribution in [1.29, 1.82) is 0 Å². The Bertz CT molecular complexity index is 958.